The maximum Gasteiger partial charge on any atom is 0.262 e. The third-order valence-corrected chi connectivity index (χ3v) is 7.68. The van der Waals surface area contributed by atoms with Crippen LogP contribution in [0.1, 0.15) is 23.8 Å². The Morgan fingerprint density at radius 3 is 2.81 bits per heavy atom. The zero-order valence-electron chi connectivity index (χ0n) is 17.0. The summed E-state index contributed by atoms with van der Waals surface area (Å²) in [6, 6.07) is 13.8. The smallest absolute Gasteiger partial charge is 0.262 e. The summed E-state index contributed by atoms with van der Waals surface area (Å²) >= 11 is 3.31. The van der Waals surface area contributed by atoms with Crippen molar-refractivity contribution in [2.45, 2.75) is 26.2 Å². The highest BCUT2D eigenvalue weighted by molar-refractivity contribution is 7.22. The zero-order valence-corrected chi connectivity index (χ0v) is 18.6. The van der Waals surface area contributed by atoms with Crippen LogP contribution < -0.4 is 10.1 Å². The summed E-state index contributed by atoms with van der Waals surface area (Å²) < 4.78 is 19.7. The van der Waals surface area contributed by atoms with Crippen molar-refractivity contribution in [1.29, 1.82) is 0 Å². The van der Waals surface area contributed by atoms with E-state index in [0.29, 0.717) is 11.7 Å². The number of hydrogen-bond donors (Lipinski definition) is 1. The molecule has 4 nitrogen and oxygen atoms in total. The number of anilines is 1. The highest BCUT2D eigenvalue weighted by atomic mass is 32.1. The van der Waals surface area contributed by atoms with Crippen molar-refractivity contribution in [3.8, 4) is 16.3 Å². The van der Waals surface area contributed by atoms with Crippen molar-refractivity contribution < 1.29 is 13.9 Å². The van der Waals surface area contributed by atoms with Crippen LogP contribution >= 0.6 is 22.7 Å². The Balaban J connectivity index is 1.43. The van der Waals surface area contributed by atoms with Crippen LogP contribution in [0.3, 0.4) is 0 Å². The number of rotatable bonds is 5. The second-order valence-electron chi connectivity index (χ2n) is 7.83. The maximum absolute atomic E-state index is 13.1. The van der Waals surface area contributed by atoms with Gasteiger partial charge in [0.05, 0.1) is 10.2 Å². The molecular weight excluding hydrogens is 431 g/mol. The fourth-order valence-electron chi connectivity index (χ4n) is 3.89. The Morgan fingerprint density at radius 1 is 1.19 bits per heavy atom. The minimum atomic E-state index is -0.337. The molecule has 1 aliphatic carbocycles. The van der Waals surface area contributed by atoms with E-state index >= 15 is 0 Å². The van der Waals surface area contributed by atoms with Gasteiger partial charge in [-0.3, -0.25) is 4.79 Å². The number of halogens is 1. The van der Waals surface area contributed by atoms with Crippen molar-refractivity contribution in [3.63, 3.8) is 0 Å². The first-order chi connectivity index (χ1) is 15.1. The molecule has 0 fully saturated rings. The average molecular weight is 453 g/mol. The number of ether oxygens (including phenoxy) is 1. The molecule has 31 heavy (non-hydrogen) atoms. The molecule has 2 aromatic carbocycles. The number of nitrogens with zero attached hydrogens (tertiary/aromatic N) is 1. The van der Waals surface area contributed by atoms with Crippen molar-refractivity contribution in [1.82, 2.24) is 4.98 Å². The predicted octanol–water partition coefficient (Wildman–Crippen LogP) is 6.31. The summed E-state index contributed by atoms with van der Waals surface area (Å²) in [5.41, 5.74) is 3.35. The molecular formula is C24H21FN2O2S2. The zero-order chi connectivity index (χ0) is 21.4. The Labute approximate surface area is 187 Å². The first kappa shape index (κ1) is 20.2. The average Bonchev–Trinajstić information content (AvgIpc) is 3.33. The number of nitrogens with one attached hydrogen (secondary N) is 1. The van der Waals surface area contributed by atoms with E-state index in [1.54, 1.807) is 22.7 Å². The highest BCUT2D eigenvalue weighted by Gasteiger charge is 2.27. The molecule has 2 heterocycles. The van der Waals surface area contributed by atoms with E-state index in [1.807, 2.05) is 18.2 Å². The van der Waals surface area contributed by atoms with Crippen molar-refractivity contribution >= 4 is 43.8 Å². The van der Waals surface area contributed by atoms with Gasteiger partial charge in [0, 0.05) is 10.4 Å². The molecule has 1 unspecified atom stereocenters. The molecule has 5 rings (SSSR count). The Kier molecular flexibility index (Phi) is 5.46. The Bertz CT molecular complexity index is 1210. The Morgan fingerprint density at radius 2 is 2.00 bits per heavy atom. The van der Waals surface area contributed by atoms with Crippen LogP contribution in [-0.4, -0.2) is 17.5 Å². The molecule has 0 bridgehead atoms. The second kappa shape index (κ2) is 8.40. The molecule has 7 heteroatoms. The van der Waals surface area contributed by atoms with Gasteiger partial charge in [0.2, 0.25) is 0 Å². The number of fused-ring (bicyclic) bond motifs is 2. The summed E-state index contributed by atoms with van der Waals surface area (Å²) in [5.74, 6) is 0.524. The van der Waals surface area contributed by atoms with Crippen molar-refractivity contribution in [3.05, 3.63) is 64.8 Å². The molecule has 2 aromatic heterocycles. The van der Waals surface area contributed by atoms with Gasteiger partial charge < -0.3 is 10.1 Å². The topological polar surface area (TPSA) is 51.2 Å². The molecule has 1 amide bonds. The van der Waals surface area contributed by atoms with Crippen LogP contribution in [0.2, 0.25) is 0 Å². The van der Waals surface area contributed by atoms with Gasteiger partial charge >= 0.3 is 0 Å². The molecule has 0 spiro atoms. The fraction of sp³-hybridized carbons (Fsp3) is 0.250. The van der Waals surface area contributed by atoms with Gasteiger partial charge in [0.15, 0.2) is 6.61 Å². The van der Waals surface area contributed by atoms with E-state index in [9.17, 15) is 9.18 Å². The summed E-state index contributed by atoms with van der Waals surface area (Å²) in [6.07, 6.45) is 3.17. The van der Waals surface area contributed by atoms with Gasteiger partial charge in [-0.15, -0.1) is 22.7 Å². The number of aromatic nitrogens is 1. The van der Waals surface area contributed by atoms with Crippen LogP contribution in [0.15, 0.2) is 48.5 Å². The number of amides is 1. The Hall–Kier alpha value is -2.77. The number of thiophene rings is 1. The third-order valence-electron chi connectivity index (χ3n) is 5.46. The minimum Gasteiger partial charge on any atom is -0.484 e. The van der Waals surface area contributed by atoms with Crippen LogP contribution in [0.25, 0.3) is 20.8 Å². The first-order valence-electron chi connectivity index (χ1n) is 10.3. The van der Waals surface area contributed by atoms with Gasteiger partial charge in [0.25, 0.3) is 5.91 Å². The molecule has 0 saturated heterocycles. The van der Waals surface area contributed by atoms with Crippen molar-refractivity contribution in [2.24, 2.45) is 5.92 Å². The third kappa shape index (κ3) is 4.20. The molecule has 4 aromatic rings. The van der Waals surface area contributed by atoms with E-state index in [0.717, 1.165) is 45.1 Å². The number of para-hydroxylation sites is 1. The fourth-order valence-corrected chi connectivity index (χ4v) is 6.42. The predicted molar refractivity (Wildman–Crippen MR) is 125 cm³/mol. The van der Waals surface area contributed by atoms with E-state index in [-0.39, 0.29) is 18.3 Å². The minimum absolute atomic E-state index is 0.135. The standard InChI is InChI=1S/C24H21FN2O2S2/c1-14-6-11-17-20(12-14)31-24(22(17)23-26-18-4-2-3-5-19(18)30-23)27-21(28)13-29-16-9-7-15(25)8-10-16/h2-5,7-10,14H,6,11-13H2,1H3,(H,27,28). The van der Waals surface area contributed by atoms with Crippen LogP contribution in [-0.2, 0) is 17.6 Å². The maximum atomic E-state index is 13.1. The van der Waals surface area contributed by atoms with Gasteiger partial charge in [-0.2, -0.15) is 0 Å². The molecule has 158 valence electrons. The number of hydrogen-bond acceptors (Lipinski definition) is 5. The molecule has 1 N–H and O–H groups in total. The second-order valence-corrected chi connectivity index (χ2v) is 9.97. The number of benzene rings is 2. The molecule has 0 saturated carbocycles. The summed E-state index contributed by atoms with van der Waals surface area (Å²) in [5, 5.41) is 4.84. The SMILES string of the molecule is CC1CCc2c(sc(NC(=O)COc3ccc(F)cc3)c2-c2nc3ccccc3s2)C1. The summed E-state index contributed by atoms with van der Waals surface area (Å²) in [4.78, 5) is 18.9. The van der Waals surface area contributed by atoms with E-state index < -0.39 is 0 Å². The lowest BCUT2D eigenvalue weighted by atomic mass is 9.88. The molecule has 0 aliphatic heterocycles. The van der Waals surface area contributed by atoms with Crippen molar-refractivity contribution in [2.75, 3.05) is 11.9 Å². The van der Waals surface area contributed by atoms with Gasteiger partial charge in [0.1, 0.15) is 21.6 Å². The van der Waals surface area contributed by atoms with Gasteiger partial charge in [-0.05, 0) is 67.1 Å². The monoisotopic (exact) mass is 452 g/mol. The van der Waals surface area contributed by atoms with E-state index in [1.165, 1.54) is 34.7 Å². The van der Waals surface area contributed by atoms with Crippen LogP contribution in [0, 0.1) is 11.7 Å². The largest absolute Gasteiger partial charge is 0.484 e. The normalized spacial score (nSPS) is 15.6. The first-order valence-corrected chi connectivity index (χ1v) is 11.9. The van der Waals surface area contributed by atoms with Crippen LogP contribution in [0.4, 0.5) is 9.39 Å². The number of thiazole rings is 1. The lowest BCUT2D eigenvalue weighted by Gasteiger charge is -2.18. The number of carbonyl (C=O) groups excluding carboxylic acids is 1. The molecule has 0 radical (unpaired) electrons. The van der Waals surface area contributed by atoms with Gasteiger partial charge in [-0.25, -0.2) is 9.37 Å². The van der Waals surface area contributed by atoms with E-state index in [2.05, 4.69) is 18.3 Å². The van der Waals surface area contributed by atoms with E-state index in [4.69, 9.17) is 9.72 Å². The summed E-state index contributed by atoms with van der Waals surface area (Å²) in [6.45, 7) is 2.14. The molecule has 1 atom stereocenters. The highest BCUT2D eigenvalue weighted by Crippen LogP contribution is 2.47. The number of carbonyl (C=O) groups is 1. The lowest BCUT2D eigenvalue weighted by molar-refractivity contribution is -0.118. The van der Waals surface area contributed by atoms with Crippen LogP contribution in [0.5, 0.6) is 5.75 Å². The molecule has 1 aliphatic rings. The van der Waals surface area contributed by atoms with Gasteiger partial charge in [-0.1, -0.05) is 19.1 Å². The summed E-state index contributed by atoms with van der Waals surface area (Å²) in [7, 11) is 0. The lowest BCUT2D eigenvalue weighted by Crippen LogP contribution is -2.20. The quantitative estimate of drug-likeness (QED) is 0.386.